The van der Waals surface area contributed by atoms with Crippen molar-refractivity contribution in [3.63, 3.8) is 0 Å². The highest BCUT2D eigenvalue weighted by molar-refractivity contribution is 5.86. The molecule has 2 aromatic carbocycles. The number of pyridine rings is 1. The van der Waals surface area contributed by atoms with Crippen LogP contribution >= 0.6 is 0 Å². The van der Waals surface area contributed by atoms with E-state index in [1.54, 1.807) is 31.4 Å². The summed E-state index contributed by atoms with van der Waals surface area (Å²) < 4.78 is 21.0. The van der Waals surface area contributed by atoms with Crippen LogP contribution in [-0.4, -0.2) is 38.3 Å². The van der Waals surface area contributed by atoms with Gasteiger partial charge in [-0.25, -0.2) is 4.98 Å². The number of hydrogen-bond acceptors (Lipinski definition) is 7. The van der Waals surface area contributed by atoms with Crippen LogP contribution in [0.1, 0.15) is 0 Å². The lowest BCUT2D eigenvalue weighted by molar-refractivity contribution is -0.384. The third-order valence-corrected chi connectivity index (χ3v) is 4.17. The van der Waals surface area contributed by atoms with Gasteiger partial charge in [-0.3, -0.25) is 10.1 Å². The fourth-order valence-corrected chi connectivity index (χ4v) is 2.82. The maximum absolute atomic E-state index is 11.6. The van der Waals surface area contributed by atoms with Crippen molar-refractivity contribution < 1.29 is 23.9 Å². The van der Waals surface area contributed by atoms with Crippen LogP contribution in [0.4, 0.5) is 5.69 Å². The topological polar surface area (TPSA) is 93.0 Å². The van der Waals surface area contributed by atoms with Gasteiger partial charge in [0.25, 0.3) is 5.69 Å². The lowest BCUT2D eigenvalue weighted by atomic mass is 10.1. The van der Waals surface area contributed by atoms with E-state index < -0.39 is 4.92 Å². The number of nitrogens with zero attached hydrogens (tertiary/aromatic N) is 2. The highest BCUT2D eigenvalue weighted by Crippen LogP contribution is 2.40. The summed E-state index contributed by atoms with van der Waals surface area (Å²) in [5.41, 5.74) is 1.26. The average molecular weight is 370 g/mol. The van der Waals surface area contributed by atoms with Crippen LogP contribution < -0.4 is 18.9 Å². The van der Waals surface area contributed by atoms with Gasteiger partial charge in [-0.2, -0.15) is 0 Å². The van der Waals surface area contributed by atoms with Crippen LogP contribution in [0.5, 0.6) is 23.0 Å². The Balaban J connectivity index is 2.23. The van der Waals surface area contributed by atoms with Crippen LogP contribution in [0.2, 0.25) is 0 Å². The molecule has 140 valence electrons. The van der Waals surface area contributed by atoms with E-state index in [1.807, 2.05) is 6.07 Å². The number of hydrogen-bond donors (Lipinski definition) is 0. The Morgan fingerprint density at radius 1 is 0.815 bits per heavy atom. The second kappa shape index (κ2) is 7.36. The standard InChI is InChI=1S/C19H18N2O6/c1-24-16-7-11-5-6-13(20-14(11)9-18(16)26-3)12-8-17(25-2)19(27-4)10-15(12)21(22)23/h5-10H,1-4H3. The van der Waals surface area contributed by atoms with Crippen LogP contribution in [0, 0.1) is 10.1 Å². The molecule has 0 atom stereocenters. The van der Waals surface area contributed by atoms with Crippen molar-refractivity contribution in [3.8, 4) is 34.3 Å². The quantitative estimate of drug-likeness (QED) is 0.481. The largest absolute Gasteiger partial charge is 0.493 e. The molecule has 0 spiro atoms. The van der Waals surface area contributed by atoms with E-state index in [1.165, 1.54) is 27.4 Å². The van der Waals surface area contributed by atoms with E-state index in [0.29, 0.717) is 34.0 Å². The summed E-state index contributed by atoms with van der Waals surface area (Å²) in [6.07, 6.45) is 0. The van der Waals surface area contributed by atoms with Crippen molar-refractivity contribution >= 4 is 16.6 Å². The summed E-state index contributed by atoms with van der Waals surface area (Å²) in [7, 11) is 5.98. The van der Waals surface area contributed by atoms with Gasteiger partial charge < -0.3 is 18.9 Å². The molecule has 0 bridgehead atoms. The number of nitro benzene ring substituents is 1. The van der Waals surface area contributed by atoms with Crippen molar-refractivity contribution in [1.29, 1.82) is 0 Å². The molecule has 3 aromatic rings. The second-order valence-corrected chi connectivity index (χ2v) is 5.58. The highest BCUT2D eigenvalue weighted by Gasteiger charge is 2.22. The lowest BCUT2D eigenvalue weighted by Gasteiger charge is -2.12. The van der Waals surface area contributed by atoms with Gasteiger partial charge in [0.05, 0.1) is 56.2 Å². The lowest BCUT2D eigenvalue weighted by Crippen LogP contribution is -1.98. The van der Waals surface area contributed by atoms with E-state index in [4.69, 9.17) is 18.9 Å². The summed E-state index contributed by atoms with van der Waals surface area (Å²) in [6.45, 7) is 0. The number of aromatic nitrogens is 1. The molecule has 0 aliphatic rings. The van der Waals surface area contributed by atoms with Crippen LogP contribution in [0.25, 0.3) is 22.2 Å². The maximum atomic E-state index is 11.6. The molecule has 8 heteroatoms. The SMILES string of the molecule is COc1cc(-c2ccc3cc(OC)c(OC)cc3n2)c([N+](=O)[O-])cc1OC. The first-order valence-corrected chi connectivity index (χ1v) is 7.96. The van der Waals surface area contributed by atoms with Crippen LogP contribution in [-0.2, 0) is 0 Å². The minimum atomic E-state index is -0.474. The Hall–Kier alpha value is -3.55. The Kier molecular flexibility index (Phi) is 4.98. The van der Waals surface area contributed by atoms with E-state index in [9.17, 15) is 10.1 Å². The van der Waals surface area contributed by atoms with Gasteiger partial charge in [-0.05, 0) is 12.1 Å². The van der Waals surface area contributed by atoms with E-state index in [0.717, 1.165) is 5.39 Å². The van der Waals surface area contributed by atoms with Crippen molar-refractivity contribution in [2.45, 2.75) is 0 Å². The molecule has 0 N–H and O–H groups in total. The molecular formula is C19H18N2O6. The number of nitro groups is 1. The molecule has 1 aromatic heterocycles. The Bertz CT molecular complexity index is 1020. The predicted octanol–water partition coefficient (Wildman–Crippen LogP) is 3.84. The molecule has 0 fully saturated rings. The average Bonchev–Trinajstić information content (AvgIpc) is 2.70. The Labute approximate surface area is 155 Å². The Morgan fingerprint density at radius 3 is 1.96 bits per heavy atom. The zero-order valence-corrected chi connectivity index (χ0v) is 15.3. The van der Waals surface area contributed by atoms with Gasteiger partial charge in [0.15, 0.2) is 23.0 Å². The first-order chi connectivity index (χ1) is 13.0. The van der Waals surface area contributed by atoms with Crippen molar-refractivity contribution in [3.05, 3.63) is 46.5 Å². The molecule has 0 unspecified atom stereocenters. The minimum Gasteiger partial charge on any atom is -0.493 e. The second-order valence-electron chi connectivity index (χ2n) is 5.58. The van der Waals surface area contributed by atoms with Crippen molar-refractivity contribution in [2.24, 2.45) is 0 Å². The first-order valence-electron chi connectivity index (χ1n) is 7.96. The van der Waals surface area contributed by atoms with Gasteiger partial charge in [0.1, 0.15) is 0 Å². The molecule has 0 aliphatic heterocycles. The van der Waals surface area contributed by atoms with Gasteiger partial charge in [0, 0.05) is 17.5 Å². The van der Waals surface area contributed by atoms with Crippen molar-refractivity contribution in [2.75, 3.05) is 28.4 Å². The fourth-order valence-electron chi connectivity index (χ4n) is 2.82. The maximum Gasteiger partial charge on any atom is 0.282 e. The number of benzene rings is 2. The monoisotopic (exact) mass is 370 g/mol. The summed E-state index contributed by atoms with van der Waals surface area (Å²) in [6, 6.07) is 9.93. The molecule has 27 heavy (non-hydrogen) atoms. The molecular weight excluding hydrogens is 352 g/mol. The van der Waals surface area contributed by atoms with E-state index in [-0.39, 0.29) is 11.4 Å². The Morgan fingerprint density at radius 2 is 1.37 bits per heavy atom. The van der Waals surface area contributed by atoms with E-state index in [2.05, 4.69) is 4.98 Å². The van der Waals surface area contributed by atoms with Gasteiger partial charge in [-0.1, -0.05) is 6.07 Å². The zero-order valence-electron chi connectivity index (χ0n) is 15.3. The predicted molar refractivity (Wildman–Crippen MR) is 100 cm³/mol. The minimum absolute atomic E-state index is 0.125. The summed E-state index contributed by atoms with van der Waals surface area (Å²) >= 11 is 0. The summed E-state index contributed by atoms with van der Waals surface area (Å²) in [5, 5.41) is 12.4. The van der Waals surface area contributed by atoms with Gasteiger partial charge in [0.2, 0.25) is 0 Å². The molecule has 3 rings (SSSR count). The molecule has 8 nitrogen and oxygen atoms in total. The van der Waals surface area contributed by atoms with Crippen LogP contribution in [0.15, 0.2) is 36.4 Å². The third kappa shape index (κ3) is 3.29. The number of ether oxygens (including phenoxy) is 4. The zero-order chi connectivity index (χ0) is 19.6. The number of methoxy groups -OCH3 is 4. The molecule has 0 saturated heterocycles. The first kappa shape index (κ1) is 18.2. The van der Waals surface area contributed by atoms with Crippen molar-refractivity contribution in [1.82, 2.24) is 4.98 Å². The number of rotatable bonds is 6. The number of fused-ring (bicyclic) bond motifs is 1. The van der Waals surface area contributed by atoms with Gasteiger partial charge >= 0.3 is 0 Å². The molecule has 0 saturated carbocycles. The molecule has 0 aliphatic carbocycles. The fraction of sp³-hybridized carbons (Fsp3) is 0.211. The smallest absolute Gasteiger partial charge is 0.282 e. The molecule has 1 heterocycles. The highest BCUT2D eigenvalue weighted by atomic mass is 16.6. The van der Waals surface area contributed by atoms with Crippen LogP contribution in [0.3, 0.4) is 0 Å². The van der Waals surface area contributed by atoms with Gasteiger partial charge in [-0.15, -0.1) is 0 Å². The summed E-state index contributed by atoms with van der Waals surface area (Å²) in [4.78, 5) is 15.6. The normalized spacial score (nSPS) is 10.5. The third-order valence-electron chi connectivity index (χ3n) is 4.17. The summed E-state index contributed by atoms with van der Waals surface area (Å²) in [5.74, 6) is 1.76. The molecule has 0 amide bonds. The van der Waals surface area contributed by atoms with E-state index >= 15 is 0 Å². The molecule has 0 radical (unpaired) electrons.